The molecule has 2 atom stereocenters. The van der Waals surface area contributed by atoms with Gasteiger partial charge in [0.25, 0.3) is 5.91 Å². The number of hydrogen-bond acceptors (Lipinski definition) is 4. The van der Waals surface area contributed by atoms with Crippen LogP contribution in [-0.2, 0) is 17.6 Å². The lowest BCUT2D eigenvalue weighted by molar-refractivity contribution is -0.123. The summed E-state index contributed by atoms with van der Waals surface area (Å²) in [4.78, 5) is 11.9. The predicted molar refractivity (Wildman–Crippen MR) is 96.8 cm³/mol. The van der Waals surface area contributed by atoms with Crippen molar-refractivity contribution in [2.75, 3.05) is 13.2 Å². The minimum Gasteiger partial charge on any atom is -0.484 e. The first-order valence-corrected chi connectivity index (χ1v) is 9.15. The van der Waals surface area contributed by atoms with Gasteiger partial charge in [-0.2, -0.15) is 0 Å². The molecule has 0 saturated carbocycles. The monoisotopic (exact) mass is 345 g/mol. The van der Waals surface area contributed by atoms with Crippen molar-refractivity contribution >= 4 is 16.9 Å². The molecule has 0 aliphatic heterocycles. The van der Waals surface area contributed by atoms with Crippen LogP contribution in [0.5, 0.6) is 5.75 Å². The molecule has 136 valence electrons. The van der Waals surface area contributed by atoms with Crippen LogP contribution in [0.15, 0.2) is 22.6 Å². The molecule has 1 aliphatic rings. The first-order chi connectivity index (χ1) is 12.0. The van der Waals surface area contributed by atoms with Gasteiger partial charge in [-0.05, 0) is 56.7 Å². The van der Waals surface area contributed by atoms with Crippen LogP contribution in [-0.4, -0.2) is 30.3 Å². The average molecular weight is 345 g/mol. The molecule has 0 saturated heterocycles. The lowest BCUT2D eigenvalue weighted by atomic mass is 9.96. The van der Waals surface area contributed by atoms with Crippen LogP contribution in [0.4, 0.5) is 0 Å². The number of carbonyl (C=O) groups excluding carboxylic acids is 1. The second-order valence-corrected chi connectivity index (χ2v) is 7.15. The number of aliphatic hydroxyl groups is 1. The van der Waals surface area contributed by atoms with E-state index in [1.807, 2.05) is 25.1 Å². The molecule has 1 aromatic carbocycles. The number of ether oxygens (including phenoxy) is 1. The number of hydrogen-bond donors (Lipinski definition) is 2. The van der Waals surface area contributed by atoms with Crippen molar-refractivity contribution in [1.82, 2.24) is 5.32 Å². The first-order valence-electron chi connectivity index (χ1n) is 9.15. The molecule has 2 aromatic rings. The van der Waals surface area contributed by atoms with Crippen molar-refractivity contribution in [3.05, 3.63) is 29.5 Å². The molecule has 1 amide bonds. The molecule has 5 heteroatoms. The molecule has 0 radical (unpaired) electrons. The summed E-state index contributed by atoms with van der Waals surface area (Å²) in [6.07, 6.45) is 4.75. The summed E-state index contributed by atoms with van der Waals surface area (Å²) >= 11 is 0. The Kier molecular flexibility index (Phi) is 5.63. The Balaban J connectivity index is 1.55. The van der Waals surface area contributed by atoms with E-state index >= 15 is 0 Å². The summed E-state index contributed by atoms with van der Waals surface area (Å²) in [6, 6.07) is 5.75. The maximum absolute atomic E-state index is 11.9. The number of furan rings is 1. The van der Waals surface area contributed by atoms with Crippen LogP contribution < -0.4 is 10.1 Å². The highest BCUT2D eigenvalue weighted by atomic mass is 16.5. The third kappa shape index (κ3) is 4.54. The van der Waals surface area contributed by atoms with Gasteiger partial charge in [0.05, 0.1) is 6.10 Å². The highest BCUT2D eigenvalue weighted by molar-refractivity contribution is 5.84. The van der Waals surface area contributed by atoms with Gasteiger partial charge in [-0.1, -0.05) is 6.92 Å². The summed E-state index contributed by atoms with van der Waals surface area (Å²) in [5.41, 5.74) is 2.19. The van der Waals surface area contributed by atoms with Crippen LogP contribution in [0.3, 0.4) is 0 Å². The van der Waals surface area contributed by atoms with Gasteiger partial charge < -0.3 is 19.6 Å². The lowest BCUT2D eigenvalue weighted by Gasteiger charge is -2.14. The fourth-order valence-corrected chi connectivity index (χ4v) is 3.49. The van der Waals surface area contributed by atoms with Crippen molar-refractivity contribution in [2.45, 2.75) is 52.1 Å². The Labute approximate surface area is 148 Å². The number of fused-ring (bicyclic) bond motifs is 3. The van der Waals surface area contributed by atoms with Gasteiger partial charge in [0.15, 0.2) is 6.61 Å². The van der Waals surface area contributed by atoms with Crippen LogP contribution in [0.25, 0.3) is 11.0 Å². The minimum atomic E-state index is -0.351. The summed E-state index contributed by atoms with van der Waals surface area (Å²) < 4.78 is 11.6. The zero-order valence-corrected chi connectivity index (χ0v) is 15.0. The fourth-order valence-electron chi connectivity index (χ4n) is 3.49. The standard InChI is InChI=1S/C20H27NO4/c1-13(9-14(2)22)11-21-20(23)12-24-15-7-8-19-17(10-15)16-5-3-4-6-18(16)25-19/h7-8,10,13-14,22H,3-6,9,11-12H2,1-2H3,(H,21,23). The van der Waals surface area contributed by atoms with E-state index in [4.69, 9.17) is 9.15 Å². The largest absolute Gasteiger partial charge is 0.484 e. The van der Waals surface area contributed by atoms with E-state index in [1.165, 1.54) is 18.4 Å². The molecular formula is C20H27NO4. The van der Waals surface area contributed by atoms with Crippen molar-refractivity contribution in [1.29, 1.82) is 0 Å². The highest BCUT2D eigenvalue weighted by Crippen LogP contribution is 2.33. The fraction of sp³-hybridized carbons (Fsp3) is 0.550. The Morgan fingerprint density at radius 2 is 2.12 bits per heavy atom. The number of nitrogens with one attached hydrogen (secondary N) is 1. The van der Waals surface area contributed by atoms with Gasteiger partial charge >= 0.3 is 0 Å². The van der Waals surface area contributed by atoms with Crippen LogP contribution in [0.1, 0.15) is 44.4 Å². The quantitative estimate of drug-likeness (QED) is 0.808. The van der Waals surface area contributed by atoms with Gasteiger partial charge in [-0.25, -0.2) is 0 Å². The van der Waals surface area contributed by atoms with E-state index in [2.05, 4.69) is 5.32 Å². The zero-order valence-electron chi connectivity index (χ0n) is 15.0. The van der Waals surface area contributed by atoms with E-state index in [0.717, 1.165) is 29.6 Å². The normalized spacial score (nSPS) is 16.3. The molecule has 0 fully saturated rings. The molecule has 1 aromatic heterocycles. The maximum atomic E-state index is 11.9. The van der Waals surface area contributed by atoms with Gasteiger partial charge in [0, 0.05) is 23.9 Å². The molecule has 25 heavy (non-hydrogen) atoms. The molecule has 1 heterocycles. The minimum absolute atomic E-state index is 0.00700. The number of benzene rings is 1. The van der Waals surface area contributed by atoms with Crippen molar-refractivity contribution < 1.29 is 19.1 Å². The van der Waals surface area contributed by atoms with Crippen molar-refractivity contribution in [3.63, 3.8) is 0 Å². The Hall–Kier alpha value is -2.01. The first kappa shape index (κ1) is 17.8. The third-order valence-corrected chi connectivity index (χ3v) is 4.69. The number of rotatable bonds is 7. The van der Waals surface area contributed by atoms with Gasteiger partial charge in [-0.15, -0.1) is 0 Å². The number of aliphatic hydroxyl groups excluding tert-OH is 1. The summed E-state index contributed by atoms with van der Waals surface area (Å²) in [6.45, 7) is 4.30. The van der Waals surface area contributed by atoms with Crippen LogP contribution >= 0.6 is 0 Å². The van der Waals surface area contributed by atoms with E-state index in [-0.39, 0.29) is 24.5 Å². The van der Waals surface area contributed by atoms with Crippen molar-refractivity contribution in [3.8, 4) is 5.75 Å². The van der Waals surface area contributed by atoms with Crippen LogP contribution in [0.2, 0.25) is 0 Å². The molecule has 2 unspecified atom stereocenters. The number of aryl methyl sites for hydroxylation is 2. The van der Waals surface area contributed by atoms with Gasteiger partial charge in [0.1, 0.15) is 17.1 Å². The third-order valence-electron chi connectivity index (χ3n) is 4.69. The lowest BCUT2D eigenvalue weighted by Crippen LogP contribution is -2.33. The maximum Gasteiger partial charge on any atom is 0.257 e. The predicted octanol–water partition coefficient (Wildman–Crippen LogP) is 3.21. The Morgan fingerprint density at radius 1 is 1.32 bits per heavy atom. The zero-order chi connectivity index (χ0) is 17.8. The highest BCUT2D eigenvalue weighted by Gasteiger charge is 2.18. The van der Waals surface area contributed by atoms with E-state index in [1.54, 1.807) is 6.92 Å². The molecule has 0 spiro atoms. The summed E-state index contributed by atoms with van der Waals surface area (Å²) in [7, 11) is 0. The van der Waals surface area contributed by atoms with Gasteiger partial charge in [-0.3, -0.25) is 4.79 Å². The molecular weight excluding hydrogens is 318 g/mol. The summed E-state index contributed by atoms with van der Waals surface area (Å²) in [5.74, 6) is 1.88. The molecule has 3 rings (SSSR count). The Bertz CT molecular complexity index is 735. The number of amides is 1. The smallest absolute Gasteiger partial charge is 0.257 e. The molecule has 5 nitrogen and oxygen atoms in total. The second-order valence-electron chi connectivity index (χ2n) is 7.15. The Morgan fingerprint density at radius 3 is 2.92 bits per heavy atom. The van der Waals surface area contributed by atoms with Gasteiger partial charge in [0.2, 0.25) is 0 Å². The average Bonchev–Trinajstić information content (AvgIpc) is 2.95. The second kappa shape index (κ2) is 7.91. The molecule has 0 bridgehead atoms. The molecule has 1 aliphatic carbocycles. The SMILES string of the molecule is CC(O)CC(C)CNC(=O)COc1ccc2oc3c(c2c1)CCCC3. The van der Waals surface area contributed by atoms with E-state index in [0.29, 0.717) is 18.7 Å². The number of carbonyl (C=O) groups is 1. The van der Waals surface area contributed by atoms with Crippen molar-refractivity contribution in [2.24, 2.45) is 5.92 Å². The topological polar surface area (TPSA) is 71.7 Å². The molecule has 2 N–H and O–H groups in total. The van der Waals surface area contributed by atoms with E-state index in [9.17, 15) is 9.90 Å². The van der Waals surface area contributed by atoms with E-state index < -0.39 is 0 Å². The van der Waals surface area contributed by atoms with Crippen LogP contribution in [0, 0.1) is 5.92 Å². The summed E-state index contributed by atoms with van der Waals surface area (Å²) in [5, 5.41) is 13.3.